The van der Waals surface area contributed by atoms with E-state index in [0.717, 1.165) is 18.4 Å². The molecule has 0 spiro atoms. The molecule has 0 radical (unpaired) electrons. The molecule has 47 heavy (non-hydrogen) atoms. The molecule has 2 atom stereocenters. The van der Waals surface area contributed by atoms with Crippen LogP contribution in [0.15, 0.2) is 54.0 Å². The number of nitrogens with zero attached hydrogens (tertiary/aromatic N) is 6. The van der Waals surface area contributed by atoms with Crippen LogP contribution in [-0.2, 0) is 9.59 Å². The molecule has 2 fully saturated rings. The van der Waals surface area contributed by atoms with Gasteiger partial charge in [0.05, 0.1) is 38.7 Å². The lowest BCUT2D eigenvalue weighted by Crippen LogP contribution is -2.58. The van der Waals surface area contributed by atoms with Crippen molar-refractivity contribution in [3.05, 3.63) is 81.8 Å². The van der Waals surface area contributed by atoms with E-state index in [-0.39, 0.29) is 63.3 Å². The zero-order valence-corrected chi connectivity index (χ0v) is 27.8. The summed E-state index contributed by atoms with van der Waals surface area (Å²) < 4.78 is 17.1. The van der Waals surface area contributed by atoms with Crippen molar-refractivity contribution in [1.82, 2.24) is 24.4 Å². The van der Waals surface area contributed by atoms with Gasteiger partial charge >= 0.3 is 5.69 Å². The number of carbonyl (C=O) groups excluding carboxylic acids is 2. The smallest absolute Gasteiger partial charge is 0.349 e. The fourth-order valence-corrected chi connectivity index (χ4v) is 6.53. The Morgan fingerprint density at radius 3 is 2.55 bits per heavy atom. The van der Waals surface area contributed by atoms with Crippen LogP contribution in [0.3, 0.4) is 0 Å². The summed E-state index contributed by atoms with van der Waals surface area (Å²) in [6.07, 6.45) is 4.55. The maximum Gasteiger partial charge on any atom is 0.355 e. The number of hydrogen-bond acceptors (Lipinski definition) is 7. The number of fused-ring (bicyclic) bond motifs is 1. The van der Waals surface area contributed by atoms with Crippen LogP contribution in [-0.4, -0.2) is 61.4 Å². The molecule has 10 nitrogen and oxygen atoms in total. The minimum absolute atomic E-state index is 0.0243. The largest absolute Gasteiger partial charge is 0.355 e. The Bertz CT molecular complexity index is 1990. The van der Waals surface area contributed by atoms with E-state index in [1.807, 2.05) is 45.6 Å². The van der Waals surface area contributed by atoms with Crippen LogP contribution in [0.5, 0.6) is 0 Å². The fourth-order valence-electron chi connectivity index (χ4n) is 6.28. The van der Waals surface area contributed by atoms with E-state index in [4.69, 9.17) is 16.6 Å². The Morgan fingerprint density at radius 1 is 1.13 bits per heavy atom. The Hall–Kier alpha value is -4.64. The van der Waals surface area contributed by atoms with Gasteiger partial charge in [0.2, 0.25) is 11.8 Å². The third-order valence-electron chi connectivity index (χ3n) is 8.90. The molecule has 1 saturated heterocycles. The van der Waals surface area contributed by atoms with Crippen LogP contribution < -0.4 is 15.9 Å². The molecule has 2 unspecified atom stereocenters. The standard InChI is InChI=1S/C35H37ClFN7O3/c1-7-27(45)42-16-21(6)43(17-20(42)5)32-23-15-24(36)30(28-25(37)9-8-10-26(28)39-34(46)22-11-12-22)40-33(23)44(35(47)41-32)31-19(4)13-14-38-29(31)18(2)3/h7-10,13-15,18,20-22H,1,11-12,16-17H2,2-6H3,(H,39,46). The average molecular weight is 658 g/mol. The van der Waals surface area contributed by atoms with Gasteiger partial charge in [0.15, 0.2) is 5.65 Å². The van der Waals surface area contributed by atoms with Crippen LogP contribution in [0.2, 0.25) is 5.02 Å². The van der Waals surface area contributed by atoms with Crippen molar-refractivity contribution in [2.24, 2.45) is 5.92 Å². The van der Waals surface area contributed by atoms with Crippen molar-refractivity contribution in [3.8, 4) is 16.9 Å². The number of nitrogens with one attached hydrogen (secondary N) is 1. The quantitative estimate of drug-likeness (QED) is 0.242. The number of benzene rings is 1. The molecule has 0 bridgehead atoms. The van der Waals surface area contributed by atoms with E-state index in [2.05, 4.69) is 21.9 Å². The van der Waals surface area contributed by atoms with Gasteiger partial charge in [0.1, 0.15) is 11.6 Å². The first kappa shape index (κ1) is 32.3. The second-order valence-electron chi connectivity index (χ2n) is 12.7. The van der Waals surface area contributed by atoms with Crippen molar-refractivity contribution in [2.75, 3.05) is 23.3 Å². The van der Waals surface area contributed by atoms with Crippen molar-refractivity contribution in [3.63, 3.8) is 0 Å². The van der Waals surface area contributed by atoms with Gasteiger partial charge in [-0.05, 0) is 75.4 Å². The van der Waals surface area contributed by atoms with Gasteiger partial charge in [-0.2, -0.15) is 4.98 Å². The summed E-state index contributed by atoms with van der Waals surface area (Å²) in [5, 5.41) is 3.44. The summed E-state index contributed by atoms with van der Waals surface area (Å²) in [6, 6.07) is 7.44. The van der Waals surface area contributed by atoms with Crippen molar-refractivity contribution in [1.29, 1.82) is 0 Å². The van der Waals surface area contributed by atoms with Crippen molar-refractivity contribution >= 4 is 46.0 Å². The Kier molecular flexibility index (Phi) is 8.61. The van der Waals surface area contributed by atoms with E-state index in [1.54, 1.807) is 23.2 Å². The number of pyridine rings is 2. The highest BCUT2D eigenvalue weighted by atomic mass is 35.5. The van der Waals surface area contributed by atoms with Gasteiger partial charge in [0, 0.05) is 37.3 Å². The molecule has 4 aromatic rings. The Balaban J connectivity index is 1.63. The molecule has 1 aromatic carbocycles. The normalized spacial score (nSPS) is 18.1. The Morgan fingerprint density at radius 2 is 1.87 bits per heavy atom. The number of aryl methyl sites for hydroxylation is 1. The molecule has 6 rings (SSSR count). The van der Waals surface area contributed by atoms with E-state index in [9.17, 15) is 14.4 Å². The highest BCUT2D eigenvalue weighted by molar-refractivity contribution is 6.34. The van der Waals surface area contributed by atoms with Gasteiger partial charge in [-0.3, -0.25) is 14.6 Å². The zero-order chi connectivity index (χ0) is 33.7. The Labute approximate surface area is 277 Å². The number of amides is 2. The molecule has 2 aliphatic rings. The third kappa shape index (κ3) is 5.88. The lowest BCUT2D eigenvalue weighted by molar-refractivity contribution is -0.128. The molecule has 2 amide bonds. The fraction of sp³-hybridized carbons (Fsp3) is 0.371. The highest BCUT2D eigenvalue weighted by Crippen LogP contribution is 2.40. The summed E-state index contributed by atoms with van der Waals surface area (Å²) >= 11 is 6.95. The lowest BCUT2D eigenvalue weighted by atomic mass is 10.0. The van der Waals surface area contributed by atoms with Crippen LogP contribution in [0.4, 0.5) is 15.9 Å². The van der Waals surface area contributed by atoms with E-state index < -0.39 is 11.5 Å². The first-order valence-electron chi connectivity index (χ1n) is 15.8. The molecule has 1 N–H and O–H groups in total. The first-order chi connectivity index (χ1) is 22.4. The second kappa shape index (κ2) is 12.5. The van der Waals surface area contributed by atoms with Crippen LogP contribution in [0.25, 0.3) is 28.0 Å². The predicted octanol–water partition coefficient (Wildman–Crippen LogP) is 6.03. The summed E-state index contributed by atoms with van der Waals surface area (Å²) in [5.41, 5.74) is 1.95. The first-order valence-corrected chi connectivity index (χ1v) is 16.2. The van der Waals surface area contributed by atoms with E-state index in [1.165, 1.54) is 22.8 Å². The lowest BCUT2D eigenvalue weighted by Gasteiger charge is -2.44. The van der Waals surface area contributed by atoms with Crippen LogP contribution in [0, 0.1) is 18.7 Å². The third-order valence-corrected chi connectivity index (χ3v) is 9.19. The minimum Gasteiger partial charge on any atom is -0.349 e. The molecule has 4 heterocycles. The number of carbonyl (C=O) groups is 2. The average Bonchev–Trinajstić information content (AvgIpc) is 3.88. The summed E-state index contributed by atoms with van der Waals surface area (Å²) in [4.78, 5) is 57.4. The van der Waals surface area contributed by atoms with Crippen molar-refractivity contribution < 1.29 is 14.0 Å². The molecule has 1 aliphatic heterocycles. The number of anilines is 2. The van der Waals surface area contributed by atoms with E-state index >= 15 is 4.39 Å². The molecule has 12 heteroatoms. The van der Waals surface area contributed by atoms with Crippen molar-refractivity contribution in [2.45, 2.75) is 65.5 Å². The summed E-state index contributed by atoms with van der Waals surface area (Å²) in [5.74, 6) is -0.793. The second-order valence-corrected chi connectivity index (χ2v) is 13.1. The molecular formula is C35H37ClFN7O3. The topological polar surface area (TPSA) is 113 Å². The maximum atomic E-state index is 15.7. The molecule has 244 valence electrons. The van der Waals surface area contributed by atoms with Gasteiger partial charge in [-0.15, -0.1) is 0 Å². The zero-order valence-electron chi connectivity index (χ0n) is 27.1. The number of piperazine rings is 1. The molecular weight excluding hydrogens is 621 g/mol. The van der Waals surface area contributed by atoms with Gasteiger partial charge < -0.3 is 15.1 Å². The SMILES string of the molecule is C=CC(=O)N1CC(C)N(c2nc(=O)n(-c3c(C)ccnc3C(C)C)c3nc(-c4c(F)cccc4NC(=O)C4CC4)c(Cl)cc23)CC1C. The number of aromatic nitrogens is 4. The van der Waals surface area contributed by atoms with Gasteiger partial charge in [-0.1, -0.05) is 38.1 Å². The number of halogens is 2. The maximum absolute atomic E-state index is 15.7. The van der Waals surface area contributed by atoms with E-state index in [0.29, 0.717) is 35.7 Å². The summed E-state index contributed by atoms with van der Waals surface area (Å²) in [7, 11) is 0. The molecule has 1 aliphatic carbocycles. The van der Waals surface area contributed by atoms with Crippen LogP contribution >= 0.6 is 11.6 Å². The number of hydrogen-bond donors (Lipinski definition) is 1. The van der Waals surface area contributed by atoms with Gasteiger partial charge in [-0.25, -0.2) is 18.7 Å². The minimum atomic E-state index is -0.624. The predicted molar refractivity (Wildman–Crippen MR) is 182 cm³/mol. The highest BCUT2D eigenvalue weighted by Gasteiger charge is 2.35. The number of rotatable bonds is 7. The summed E-state index contributed by atoms with van der Waals surface area (Å²) in [6.45, 7) is 14.1. The monoisotopic (exact) mass is 657 g/mol. The molecule has 1 saturated carbocycles. The van der Waals surface area contributed by atoms with Crippen LogP contribution in [0.1, 0.15) is 57.7 Å². The molecule has 3 aromatic heterocycles. The van der Waals surface area contributed by atoms with Gasteiger partial charge in [0.25, 0.3) is 0 Å².